The average molecular weight is 501 g/mol. The minimum absolute atomic E-state index is 0.0129. The van der Waals surface area contributed by atoms with Gasteiger partial charge in [0.25, 0.3) is 5.91 Å². The quantitative estimate of drug-likeness (QED) is 0.616. The molecule has 1 N–H and O–H groups in total. The Hall–Kier alpha value is -3.24. The summed E-state index contributed by atoms with van der Waals surface area (Å²) in [6, 6.07) is 8.26. The van der Waals surface area contributed by atoms with Gasteiger partial charge >= 0.3 is 12.0 Å². The van der Waals surface area contributed by atoms with Gasteiger partial charge in [-0.25, -0.2) is 14.0 Å². The van der Waals surface area contributed by atoms with Crippen LogP contribution in [-0.4, -0.2) is 78.5 Å². The second kappa shape index (κ2) is 10.6. The van der Waals surface area contributed by atoms with Crippen LogP contribution < -0.4 is 5.32 Å². The van der Waals surface area contributed by atoms with E-state index in [1.807, 2.05) is 29.3 Å². The number of benzene rings is 1. The van der Waals surface area contributed by atoms with Gasteiger partial charge in [0, 0.05) is 45.0 Å². The molecule has 186 valence electrons. The Morgan fingerprint density at radius 1 is 1.23 bits per heavy atom. The van der Waals surface area contributed by atoms with E-state index in [9.17, 15) is 18.8 Å². The molecular formula is C25H29FN4O4S. The lowest BCUT2D eigenvalue weighted by Gasteiger charge is -2.42. The summed E-state index contributed by atoms with van der Waals surface area (Å²) in [4.78, 5) is 44.9. The maximum Gasteiger partial charge on any atom is 0.338 e. The number of urea groups is 1. The van der Waals surface area contributed by atoms with Crippen LogP contribution >= 0.6 is 11.3 Å². The summed E-state index contributed by atoms with van der Waals surface area (Å²) in [6.07, 6.45) is 0. The van der Waals surface area contributed by atoms with E-state index in [1.54, 1.807) is 26.1 Å². The van der Waals surface area contributed by atoms with Gasteiger partial charge in [0.15, 0.2) is 0 Å². The second-order valence-electron chi connectivity index (χ2n) is 8.64. The van der Waals surface area contributed by atoms with E-state index in [-0.39, 0.29) is 30.2 Å². The number of carbonyl (C=O) groups excluding carboxylic acids is 3. The molecule has 2 atom stereocenters. The highest BCUT2D eigenvalue weighted by atomic mass is 32.1. The third-order valence-electron chi connectivity index (χ3n) is 6.33. The van der Waals surface area contributed by atoms with Gasteiger partial charge < -0.3 is 15.0 Å². The molecule has 1 aromatic carbocycles. The summed E-state index contributed by atoms with van der Waals surface area (Å²) in [5.41, 5.74) is 1.25. The largest absolute Gasteiger partial charge is 0.463 e. The number of hydrogen-bond acceptors (Lipinski definition) is 6. The third kappa shape index (κ3) is 5.23. The van der Waals surface area contributed by atoms with Crippen LogP contribution in [0.3, 0.4) is 0 Å². The molecule has 10 heteroatoms. The van der Waals surface area contributed by atoms with E-state index in [2.05, 4.69) is 10.2 Å². The Morgan fingerprint density at radius 3 is 2.69 bits per heavy atom. The topological polar surface area (TPSA) is 82.2 Å². The van der Waals surface area contributed by atoms with Crippen molar-refractivity contribution in [2.24, 2.45) is 0 Å². The zero-order valence-electron chi connectivity index (χ0n) is 20.0. The molecule has 0 aliphatic carbocycles. The van der Waals surface area contributed by atoms with E-state index in [4.69, 9.17) is 4.74 Å². The molecule has 3 amide bonds. The first-order chi connectivity index (χ1) is 16.8. The fourth-order valence-electron chi connectivity index (χ4n) is 4.57. The Morgan fingerprint density at radius 2 is 2.03 bits per heavy atom. The minimum Gasteiger partial charge on any atom is -0.463 e. The summed E-state index contributed by atoms with van der Waals surface area (Å²) in [5, 5.41) is 4.69. The molecule has 2 aliphatic heterocycles. The summed E-state index contributed by atoms with van der Waals surface area (Å²) in [5.74, 6) is -0.997. The van der Waals surface area contributed by atoms with Crippen molar-refractivity contribution in [2.45, 2.75) is 25.9 Å². The number of amides is 3. The highest BCUT2D eigenvalue weighted by Gasteiger charge is 2.38. The van der Waals surface area contributed by atoms with Crippen LogP contribution in [0.5, 0.6) is 0 Å². The third-order valence-corrected chi connectivity index (χ3v) is 7.19. The molecule has 1 aromatic heterocycles. The predicted molar refractivity (Wildman–Crippen MR) is 130 cm³/mol. The lowest BCUT2D eigenvalue weighted by molar-refractivity contribution is -0.139. The van der Waals surface area contributed by atoms with Crippen molar-refractivity contribution in [3.63, 3.8) is 0 Å². The zero-order valence-corrected chi connectivity index (χ0v) is 20.8. The van der Waals surface area contributed by atoms with E-state index in [0.717, 1.165) is 0 Å². The lowest BCUT2D eigenvalue weighted by Crippen LogP contribution is -2.56. The molecule has 4 rings (SSSR count). The van der Waals surface area contributed by atoms with Crippen LogP contribution in [0.1, 0.15) is 35.1 Å². The van der Waals surface area contributed by atoms with Gasteiger partial charge in [-0.2, -0.15) is 0 Å². The van der Waals surface area contributed by atoms with Gasteiger partial charge in [0.05, 0.1) is 23.1 Å². The number of likely N-dealkylation sites (N-methyl/N-ethyl adjacent to an activating group) is 1. The molecule has 0 unspecified atom stereocenters. The summed E-state index contributed by atoms with van der Waals surface area (Å²) in [7, 11) is 1.60. The number of esters is 1. The number of thiophene rings is 1. The van der Waals surface area contributed by atoms with Crippen LogP contribution in [0.2, 0.25) is 0 Å². The predicted octanol–water partition coefficient (Wildman–Crippen LogP) is 3.25. The molecule has 0 bridgehead atoms. The maximum atomic E-state index is 14.0. The Kier molecular flexibility index (Phi) is 7.51. The van der Waals surface area contributed by atoms with E-state index in [1.165, 1.54) is 28.4 Å². The van der Waals surface area contributed by atoms with Crippen LogP contribution in [0.4, 0.5) is 9.18 Å². The molecule has 0 radical (unpaired) electrons. The monoisotopic (exact) mass is 500 g/mol. The van der Waals surface area contributed by atoms with Crippen molar-refractivity contribution < 1.29 is 23.5 Å². The number of halogens is 1. The lowest BCUT2D eigenvalue weighted by atomic mass is 9.94. The van der Waals surface area contributed by atoms with E-state index >= 15 is 0 Å². The maximum absolute atomic E-state index is 14.0. The molecule has 1 fully saturated rings. The van der Waals surface area contributed by atoms with E-state index in [0.29, 0.717) is 42.3 Å². The van der Waals surface area contributed by atoms with Crippen LogP contribution in [0, 0.1) is 5.82 Å². The Balaban J connectivity index is 1.62. The van der Waals surface area contributed by atoms with Gasteiger partial charge in [0.2, 0.25) is 0 Å². The SMILES string of the molecule is CCOC(=O)C1=C(CN2CCN(C(=O)c3cccs3)[C@@H](C)C2)N(C)C(=O)N[C@@H]1c1cccc(F)c1. The smallest absolute Gasteiger partial charge is 0.338 e. The molecular weight excluding hydrogens is 471 g/mol. The number of nitrogens with zero attached hydrogens (tertiary/aromatic N) is 3. The first-order valence-corrected chi connectivity index (χ1v) is 12.4. The second-order valence-corrected chi connectivity index (χ2v) is 9.59. The number of nitrogens with one attached hydrogen (secondary N) is 1. The first-order valence-electron chi connectivity index (χ1n) is 11.6. The fourth-order valence-corrected chi connectivity index (χ4v) is 5.25. The van der Waals surface area contributed by atoms with E-state index < -0.39 is 17.8 Å². The minimum atomic E-state index is -0.831. The normalized spacial score (nSPS) is 21.2. The van der Waals surface area contributed by atoms with Crippen molar-refractivity contribution >= 4 is 29.2 Å². The fraction of sp³-hybridized carbons (Fsp3) is 0.400. The Labute approximate surface area is 207 Å². The molecule has 2 aromatic rings. The molecule has 0 saturated carbocycles. The average Bonchev–Trinajstić information content (AvgIpc) is 3.37. The van der Waals surface area contributed by atoms with Gasteiger partial charge in [-0.05, 0) is 43.0 Å². The molecule has 3 heterocycles. The standard InChI is InChI=1S/C25H29FN4O4S/c1-4-34-24(32)21-19(28(3)25(33)27-22(21)17-7-5-8-18(26)13-17)15-29-10-11-30(16(2)14-29)23(31)20-9-6-12-35-20/h5-9,12-13,16,22H,4,10-11,14-15H2,1-3H3,(H,27,33)/t16-,22+/m0/s1. The summed E-state index contributed by atoms with van der Waals surface area (Å²) < 4.78 is 19.3. The van der Waals surface area contributed by atoms with Crippen molar-refractivity contribution in [1.29, 1.82) is 0 Å². The van der Waals surface area contributed by atoms with Gasteiger partial charge in [-0.1, -0.05) is 18.2 Å². The van der Waals surface area contributed by atoms with Crippen molar-refractivity contribution in [2.75, 3.05) is 39.8 Å². The zero-order chi connectivity index (χ0) is 25.1. The number of hydrogen-bond donors (Lipinski definition) is 1. The highest BCUT2D eigenvalue weighted by molar-refractivity contribution is 7.12. The molecule has 0 spiro atoms. The molecule has 2 aliphatic rings. The Bertz CT molecular complexity index is 1140. The number of piperazine rings is 1. The van der Waals surface area contributed by atoms with Crippen molar-refractivity contribution in [3.05, 3.63) is 69.3 Å². The van der Waals surface area contributed by atoms with Gasteiger partial charge in [-0.15, -0.1) is 11.3 Å². The number of rotatable bonds is 6. The summed E-state index contributed by atoms with van der Waals surface area (Å²) in [6.45, 7) is 5.89. The molecule has 8 nitrogen and oxygen atoms in total. The van der Waals surface area contributed by atoms with Crippen molar-refractivity contribution in [3.8, 4) is 0 Å². The van der Waals surface area contributed by atoms with Gasteiger partial charge in [-0.3, -0.25) is 14.6 Å². The van der Waals surface area contributed by atoms with Crippen LogP contribution in [-0.2, 0) is 9.53 Å². The molecule has 35 heavy (non-hydrogen) atoms. The molecule has 1 saturated heterocycles. The number of ether oxygens (including phenoxy) is 1. The summed E-state index contributed by atoms with van der Waals surface area (Å²) >= 11 is 1.42. The van der Waals surface area contributed by atoms with Crippen LogP contribution in [0.25, 0.3) is 0 Å². The number of carbonyl (C=O) groups is 3. The first kappa shape index (κ1) is 24.9. The van der Waals surface area contributed by atoms with Gasteiger partial charge in [0.1, 0.15) is 5.82 Å². The van der Waals surface area contributed by atoms with Crippen LogP contribution in [0.15, 0.2) is 53.0 Å². The van der Waals surface area contributed by atoms with Crippen molar-refractivity contribution in [1.82, 2.24) is 20.0 Å². The highest BCUT2D eigenvalue weighted by Crippen LogP contribution is 2.32.